The molecule has 0 spiro atoms. The molecule has 3 rings (SSSR count). The van der Waals surface area contributed by atoms with Crippen LogP contribution in [0.4, 0.5) is 4.39 Å². The molecule has 0 bridgehead atoms. The van der Waals surface area contributed by atoms with Gasteiger partial charge in [0.15, 0.2) is 5.76 Å². The van der Waals surface area contributed by atoms with E-state index in [4.69, 9.17) is 4.42 Å². The number of hydrogen-bond donors (Lipinski definition) is 0. The number of ketones is 1. The molecule has 0 N–H and O–H groups in total. The maximum absolute atomic E-state index is 13.2. The summed E-state index contributed by atoms with van der Waals surface area (Å²) in [5.74, 6) is -0.983. The van der Waals surface area contributed by atoms with Gasteiger partial charge in [0.05, 0.1) is 6.26 Å². The molecule has 5 nitrogen and oxygen atoms in total. The molecule has 2 heterocycles. The highest BCUT2D eigenvalue weighted by Crippen LogP contribution is 2.21. The summed E-state index contributed by atoms with van der Waals surface area (Å²) >= 11 is 0. The molecule has 1 aliphatic heterocycles. The predicted octanol–water partition coefficient (Wildman–Crippen LogP) is 3.36. The van der Waals surface area contributed by atoms with E-state index in [9.17, 15) is 14.0 Å². The Bertz CT molecular complexity index is 771. The summed E-state index contributed by atoms with van der Waals surface area (Å²) in [7, 11) is 0. The van der Waals surface area contributed by atoms with Crippen LogP contribution in [0.3, 0.4) is 0 Å². The van der Waals surface area contributed by atoms with E-state index in [1.54, 1.807) is 23.1 Å². The second-order valence-electron chi connectivity index (χ2n) is 7.32. The number of furan rings is 1. The molecule has 1 atom stereocenters. The number of rotatable bonds is 5. The van der Waals surface area contributed by atoms with Crippen molar-refractivity contribution >= 4 is 11.7 Å². The highest BCUT2D eigenvalue weighted by Gasteiger charge is 2.32. The van der Waals surface area contributed by atoms with Crippen molar-refractivity contribution in [1.82, 2.24) is 9.80 Å². The minimum absolute atomic E-state index is 0.0773. The Kier molecular flexibility index (Phi) is 6.06. The Morgan fingerprint density at radius 1 is 1.19 bits per heavy atom. The van der Waals surface area contributed by atoms with E-state index in [-0.39, 0.29) is 17.6 Å². The highest BCUT2D eigenvalue weighted by atomic mass is 19.1. The van der Waals surface area contributed by atoms with Gasteiger partial charge in [-0.1, -0.05) is 26.0 Å². The molecule has 1 aromatic heterocycles. The van der Waals surface area contributed by atoms with Crippen molar-refractivity contribution in [3.8, 4) is 0 Å². The molecule has 0 aliphatic carbocycles. The third-order valence-electron chi connectivity index (χ3n) is 5.04. The normalized spacial score (nSPS) is 18.5. The molecule has 1 aromatic carbocycles. The van der Waals surface area contributed by atoms with Gasteiger partial charge in [-0.25, -0.2) is 4.39 Å². The number of carbonyl (C=O) groups is 2. The molecular weight excluding hydrogens is 347 g/mol. The molecule has 144 valence electrons. The van der Waals surface area contributed by atoms with Gasteiger partial charge < -0.3 is 9.32 Å². The number of nitrogens with zero attached hydrogens (tertiary/aromatic N) is 2. The third-order valence-corrected chi connectivity index (χ3v) is 5.04. The van der Waals surface area contributed by atoms with Crippen LogP contribution in [0, 0.1) is 11.7 Å². The first-order valence-corrected chi connectivity index (χ1v) is 9.31. The monoisotopic (exact) mass is 372 g/mol. The van der Waals surface area contributed by atoms with Gasteiger partial charge in [0.2, 0.25) is 0 Å². The van der Waals surface area contributed by atoms with Crippen LogP contribution < -0.4 is 0 Å². The van der Waals surface area contributed by atoms with Gasteiger partial charge in [-0.15, -0.1) is 0 Å². The third kappa shape index (κ3) is 4.63. The summed E-state index contributed by atoms with van der Waals surface area (Å²) in [6, 6.07) is 9.75. The van der Waals surface area contributed by atoms with Gasteiger partial charge in [-0.2, -0.15) is 0 Å². The Balaban J connectivity index is 1.73. The number of Topliss-reactive ketones (excluding diaryl/α,β-unsaturated/α-hetero) is 1. The summed E-state index contributed by atoms with van der Waals surface area (Å²) in [5, 5.41) is 0. The Morgan fingerprint density at radius 3 is 2.56 bits per heavy atom. The molecule has 1 fully saturated rings. The van der Waals surface area contributed by atoms with Crippen LogP contribution in [0.1, 0.15) is 36.4 Å². The zero-order chi connectivity index (χ0) is 19.4. The SMILES string of the molecule is CC(C)C1CN(C(=O)C(=O)c2ccco2)CCCN1Cc1ccc(F)cc1. The molecule has 0 saturated carbocycles. The minimum atomic E-state index is -0.602. The predicted molar refractivity (Wildman–Crippen MR) is 99.7 cm³/mol. The van der Waals surface area contributed by atoms with Crippen LogP contribution in [-0.2, 0) is 11.3 Å². The minimum Gasteiger partial charge on any atom is -0.461 e. The summed E-state index contributed by atoms with van der Waals surface area (Å²) < 4.78 is 18.3. The fourth-order valence-corrected chi connectivity index (χ4v) is 3.56. The fourth-order valence-electron chi connectivity index (χ4n) is 3.56. The quantitative estimate of drug-likeness (QED) is 0.597. The zero-order valence-electron chi connectivity index (χ0n) is 15.7. The summed E-state index contributed by atoms with van der Waals surface area (Å²) in [5.41, 5.74) is 1.04. The average molecular weight is 372 g/mol. The average Bonchev–Trinajstić information content (AvgIpc) is 3.10. The number of amides is 1. The van der Waals surface area contributed by atoms with Crippen molar-refractivity contribution in [3.05, 3.63) is 59.8 Å². The lowest BCUT2D eigenvalue weighted by atomic mass is 10.0. The maximum atomic E-state index is 13.2. The second-order valence-corrected chi connectivity index (χ2v) is 7.32. The van der Waals surface area contributed by atoms with Crippen LogP contribution in [0.25, 0.3) is 0 Å². The molecule has 1 amide bonds. The van der Waals surface area contributed by atoms with Crippen LogP contribution in [0.2, 0.25) is 0 Å². The van der Waals surface area contributed by atoms with E-state index in [1.165, 1.54) is 24.5 Å². The van der Waals surface area contributed by atoms with Gasteiger partial charge in [-0.3, -0.25) is 14.5 Å². The summed E-state index contributed by atoms with van der Waals surface area (Å²) in [4.78, 5) is 29.0. The molecule has 1 unspecified atom stereocenters. The number of carbonyl (C=O) groups excluding carboxylic acids is 2. The topological polar surface area (TPSA) is 53.8 Å². The summed E-state index contributed by atoms with van der Waals surface area (Å²) in [6.07, 6.45) is 2.17. The van der Waals surface area contributed by atoms with Crippen molar-refractivity contribution in [2.45, 2.75) is 32.9 Å². The molecule has 1 saturated heterocycles. The van der Waals surface area contributed by atoms with Crippen LogP contribution in [0.15, 0.2) is 47.1 Å². The van der Waals surface area contributed by atoms with Crippen LogP contribution in [0.5, 0.6) is 0 Å². The molecule has 2 aromatic rings. The smallest absolute Gasteiger partial charge is 0.298 e. The van der Waals surface area contributed by atoms with E-state index in [0.717, 1.165) is 18.5 Å². The molecule has 0 radical (unpaired) electrons. The van der Waals surface area contributed by atoms with Crippen LogP contribution >= 0.6 is 0 Å². The first kappa shape index (κ1) is 19.3. The van der Waals surface area contributed by atoms with Crippen molar-refractivity contribution in [2.75, 3.05) is 19.6 Å². The van der Waals surface area contributed by atoms with Gasteiger partial charge in [-0.05, 0) is 42.2 Å². The first-order chi connectivity index (χ1) is 13.0. The lowest BCUT2D eigenvalue weighted by Crippen LogP contribution is -2.47. The standard InChI is InChI=1S/C21H25FN2O3/c1-15(2)18-14-24(21(26)20(25)19-5-3-12-27-19)11-4-10-23(18)13-16-6-8-17(22)9-7-16/h3,5-9,12,15,18H,4,10-11,13-14H2,1-2H3. The van der Waals surface area contributed by atoms with Gasteiger partial charge in [0.1, 0.15) is 5.82 Å². The molecular formula is C21H25FN2O3. The molecule has 27 heavy (non-hydrogen) atoms. The van der Waals surface area contributed by atoms with Gasteiger partial charge >= 0.3 is 0 Å². The Labute approximate surface area is 158 Å². The second kappa shape index (κ2) is 8.48. The molecule has 6 heteroatoms. The molecule has 1 aliphatic rings. The maximum Gasteiger partial charge on any atom is 0.298 e. The van der Waals surface area contributed by atoms with E-state index >= 15 is 0 Å². The summed E-state index contributed by atoms with van der Waals surface area (Å²) in [6.45, 7) is 6.77. The fraction of sp³-hybridized carbons (Fsp3) is 0.429. The van der Waals surface area contributed by atoms with Crippen molar-refractivity contribution in [3.63, 3.8) is 0 Å². The zero-order valence-corrected chi connectivity index (χ0v) is 15.7. The Hall–Kier alpha value is -2.47. The Morgan fingerprint density at radius 2 is 1.93 bits per heavy atom. The van der Waals surface area contributed by atoms with E-state index in [1.807, 2.05) is 0 Å². The lowest BCUT2D eigenvalue weighted by molar-refractivity contribution is -0.127. The van der Waals surface area contributed by atoms with Gasteiger partial charge in [0.25, 0.3) is 11.7 Å². The number of benzene rings is 1. The van der Waals surface area contributed by atoms with E-state index in [0.29, 0.717) is 25.6 Å². The van der Waals surface area contributed by atoms with Gasteiger partial charge in [0, 0.05) is 32.2 Å². The largest absolute Gasteiger partial charge is 0.461 e. The lowest BCUT2D eigenvalue weighted by Gasteiger charge is -2.34. The number of halogens is 1. The first-order valence-electron chi connectivity index (χ1n) is 9.31. The highest BCUT2D eigenvalue weighted by molar-refractivity contribution is 6.41. The van der Waals surface area contributed by atoms with Crippen molar-refractivity contribution < 1.29 is 18.4 Å². The van der Waals surface area contributed by atoms with Crippen molar-refractivity contribution in [1.29, 1.82) is 0 Å². The van der Waals surface area contributed by atoms with Crippen LogP contribution in [-0.4, -0.2) is 47.2 Å². The van der Waals surface area contributed by atoms with Crippen molar-refractivity contribution in [2.24, 2.45) is 5.92 Å². The number of hydrogen-bond acceptors (Lipinski definition) is 4. The van der Waals surface area contributed by atoms with E-state index < -0.39 is 11.7 Å². The van der Waals surface area contributed by atoms with E-state index in [2.05, 4.69) is 18.7 Å².